The fraction of sp³-hybridized carbons (Fsp3) is 0.217. The number of non-ortho nitro benzene ring substituents is 1. The van der Waals surface area contributed by atoms with Crippen molar-refractivity contribution in [2.75, 3.05) is 12.4 Å². The number of nitrogens with zero attached hydrogens (tertiary/aromatic N) is 1. The summed E-state index contributed by atoms with van der Waals surface area (Å²) in [5.74, 6) is -0.552. The summed E-state index contributed by atoms with van der Waals surface area (Å²) in [6, 6.07) is 15.6. The lowest BCUT2D eigenvalue weighted by Crippen LogP contribution is -2.16. The second kappa shape index (κ2) is 8.69. The fourth-order valence-corrected chi connectivity index (χ4v) is 5.22. The Balaban J connectivity index is 1.62. The number of benzene rings is 2. The third-order valence-corrected chi connectivity index (χ3v) is 6.66. The molecule has 3 aromatic rings. The molecule has 0 saturated carbocycles. The van der Waals surface area contributed by atoms with Crippen LogP contribution in [0.15, 0.2) is 54.6 Å². The number of thiophene rings is 1. The number of fused-ring (bicyclic) bond motifs is 1. The number of rotatable bonds is 5. The number of nitro groups is 1. The summed E-state index contributed by atoms with van der Waals surface area (Å²) in [6.07, 6.45) is 2.43. The van der Waals surface area contributed by atoms with E-state index in [2.05, 4.69) is 17.4 Å². The van der Waals surface area contributed by atoms with Crippen LogP contribution in [-0.2, 0) is 17.6 Å². The van der Waals surface area contributed by atoms with Crippen molar-refractivity contribution in [1.29, 1.82) is 0 Å². The van der Waals surface area contributed by atoms with Crippen LogP contribution in [0.5, 0.6) is 0 Å². The quantitative estimate of drug-likeness (QED) is 0.346. The number of nitrogens with one attached hydrogen (secondary N) is 1. The highest BCUT2D eigenvalue weighted by Gasteiger charge is 2.30. The van der Waals surface area contributed by atoms with Crippen LogP contribution < -0.4 is 5.32 Å². The largest absolute Gasteiger partial charge is 0.465 e. The van der Waals surface area contributed by atoms with Crippen molar-refractivity contribution < 1.29 is 19.2 Å². The highest BCUT2D eigenvalue weighted by atomic mass is 32.1. The molecule has 8 heteroatoms. The lowest BCUT2D eigenvalue weighted by atomic mass is 9.83. The van der Waals surface area contributed by atoms with Crippen molar-refractivity contribution in [1.82, 2.24) is 0 Å². The van der Waals surface area contributed by atoms with Gasteiger partial charge in [-0.2, -0.15) is 0 Å². The van der Waals surface area contributed by atoms with E-state index >= 15 is 0 Å². The smallest absolute Gasteiger partial charge is 0.341 e. The average molecular weight is 436 g/mol. The molecule has 0 fully saturated rings. The maximum absolute atomic E-state index is 12.7. The maximum atomic E-state index is 12.7. The minimum absolute atomic E-state index is 0.0923. The second-order valence-electron chi connectivity index (χ2n) is 7.31. The van der Waals surface area contributed by atoms with Gasteiger partial charge in [0, 0.05) is 22.6 Å². The van der Waals surface area contributed by atoms with Crippen molar-refractivity contribution in [3.05, 3.63) is 91.8 Å². The summed E-state index contributed by atoms with van der Waals surface area (Å²) in [6.45, 7) is 0. The summed E-state index contributed by atoms with van der Waals surface area (Å²) in [5, 5.41) is 14.1. The third-order valence-electron chi connectivity index (χ3n) is 5.49. The number of hydrogen-bond donors (Lipinski definition) is 1. The number of methoxy groups -OCH3 is 1. The first-order chi connectivity index (χ1) is 15.0. The molecule has 1 heterocycles. The van der Waals surface area contributed by atoms with Crippen molar-refractivity contribution in [3.63, 3.8) is 0 Å². The molecule has 1 aliphatic rings. The molecule has 31 heavy (non-hydrogen) atoms. The van der Waals surface area contributed by atoms with Gasteiger partial charge in [-0.3, -0.25) is 14.9 Å². The Morgan fingerprint density at radius 2 is 1.84 bits per heavy atom. The maximum Gasteiger partial charge on any atom is 0.341 e. The van der Waals surface area contributed by atoms with Gasteiger partial charge in [-0.05, 0) is 48.4 Å². The second-order valence-corrected chi connectivity index (χ2v) is 8.41. The Morgan fingerprint density at radius 3 is 2.48 bits per heavy atom. The lowest BCUT2D eigenvalue weighted by Gasteiger charge is -2.22. The van der Waals surface area contributed by atoms with E-state index < -0.39 is 16.8 Å². The van der Waals surface area contributed by atoms with Gasteiger partial charge >= 0.3 is 5.97 Å². The molecule has 0 bridgehead atoms. The first-order valence-corrected chi connectivity index (χ1v) is 10.6. The first-order valence-electron chi connectivity index (χ1n) is 9.81. The molecule has 0 spiro atoms. The van der Waals surface area contributed by atoms with E-state index in [0.29, 0.717) is 16.5 Å². The molecule has 0 radical (unpaired) electrons. The van der Waals surface area contributed by atoms with Gasteiger partial charge in [0.1, 0.15) is 5.00 Å². The number of hydrogen-bond acceptors (Lipinski definition) is 6. The van der Waals surface area contributed by atoms with Crippen LogP contribution in [0.4, 0.5) is 10.7 Å². The molecule has 1 aliphatic carbocycles. The molecule has 1 N–H and O–H groups in total. The molecule has 7 nitrogen and oxygen atoms in total. The molecule has 0 saturated heterocycles. The van der Waals surface area contributed by atoms with E-state index in [4.69, 9.17) is 4.74 Å². The normalized spacial score (nSPS) is 15.1. The van der Waals surface area contributed by atoms with E-state index in [0.717, 1.165) is 29.7 Å². The average Bonchev–Trinajstić information content (AvgIpc) is 3.16. The van der Waals surface area contributed by atoms with Crippen LogP contribution in [0.25, 0.3) is 0 Å². The monoisotopic (exact) mass is 436 g/mol. The SMILES string of the molecule is COC(=O)c1c(NC(=O)c2ccc([N+](=O)[O-])cc2)sc2c1CCC(c1ccccc1)C2. The minimum Gasteiger partial charge on any atom is -0.465 e. The molecular formula is C23H20N2O5S. The van der Waals surface area contributed by atoms with E-state index in [1.807, 2.05) is 18.2 Å². The summed E-state index contributed by atoms with van der Waals surface area (Å²) in [5.41, 5.74) is 2.78. The molecule has 4 rings (SSSR count). The zero-order valence-corrected chi connectivity index (χ0v) is 17.6. The molecule has 2 aromatic carbocycles. The molecule has 1 atom stereocenters. The number of carbonyl (C=O) groups is 2. The van der Waals surface area contributed by atoms with Gasteiger partial charge in [-0.25, -0.2) is 4.79 Å². The van der Waals surface area contributed by atoms with Crippen molar-refractivity contribution >= 4 is 33.9 Å². The number of nitro benzene ring substituents is 1. The zero-order valence-electron chi connectivity index (χ0n) is 16.8. The van der Waals surface area contributed by atoms with E-state index in [-0.39, 0.29) is 11.3 Å². The van der Waals surface area contributed by atoms with Crippen molar-refractivity contribution in [2.24, 2.45) is 0 Å². The molecular weight excluding hydrogens is 416 g/mol. The van der Waals surface area contributed by atoms with Gasteiger partial charge in [0.05, 0.1) is 17.6 Å². The number of carbonyl (C=O) groups excluding carboxylic acids is 2. The Kier molecular flexibility index (Phi) is 5.81. The van der Waals surface area contributed by atoms with E-state index in [1.54, 1.807) is 0 Å². The lowest BCUT2D eigenvalue weighted by molar-refractivity contribution is -0.384. The number of ether oxygens (including phenoxy) is 1. The van der Waals surface area contributed by atoms with Crippen molar-refractivity contribution in [2.45, 2.75) is 25.2 Å². The third kappa shape index (κ3) is 4.20. The topological polar surface area (TPSA) is 98.5 Å². The predicted octanol–water partition coefficient (Wildman–Crippen LogP) is 4.97. The van der Waals surface area contributed by atoms with Crippen LogP contribution in [0, 0.1) is 10.1 Å². The molecule has 1 aromatic heterocycles. The highest BCUT2D eigenvalue weighted by Crippen LogP contribution is 2.42. The number of amides is 1. The van der Waals surface area contributed by atoms with Crippen LogP contribution in [0.2, 0.25) is 0 Å². The molecule has 0 aliphatic heterocycles. The van der Waals surface area contributed by atoms with Gasteiger partial charge in [0.25, 0.3) is 11.6 Å². The van der Waals surface area contributed by atoms with Gasteiger partial charge in [0.2, 0.25) is 0 Å². The Hall–Kier alpha value is -3.52. The van der Waals surface area contributed by atoms with Gasteiger partial charge in [-0.1, -0.05) is 30.3 Å². The van der Waals surface area contributed by atoms with Crippen LogP contribution in [-0.4, -0.2) is 23.9 Å². The number of anilines is 1. The van der Waals surface area contributed by atoms with E-state index in [9.17, 15) is 19.7 Å². The van der Waals surface area contributed by atoms with Gasteiger partial charge < -0.3 is 10.1 Å². The summed E-state index contributed by atoms with van der Waals surface area (Å²) < 4.78 is 4.98. The summed E-state index contributed by atoms with van der Waals surface area (Å²) >= 11 is 1.39. The number of esters is 1. The Bertz CT molecular complexity index is 1140. The van der Waals surface area contributed by atoms with E-state index in [1.165, 1.54) is 48.3 Å². The van der Waals surface area contributed by atoms with Gasteiger partial charge in [0.15, 0.2) is 0 Å². The molecule has 1 unspecified atom stereocenters. The minimum atomic E-state index is -0.520. The summed E-state index contributed by atoms with van der Waals surface area (Å²) in [7, 11) is 1.32. The highest BCUT2D eigenvalue weighted by molar-refractivity contribution is 7.17. The standard InChI is InChI=1S/C23H20N2O5S/c1-30-23(27)20-18-12-9-16(14-5-3-2-4-6-14)13-19(18)31-22(20)24-21(26)15-7-10-17(11-8-15)25(28)29/h2-8,10-11,16H,9,12-13H2,1H3,(H,24,26). The van der Waals surface area contributed by atoms with Crippen LogP contribution >= 0.6 is 11.3 Å². The Morgan fingerprint density at radius 1 is 1.13 bits per heavy atom. The molecule has 158 valence electrons. The first kappa shape index (κ1) is 20.7. The Labute approximate surface area is 182 Å². The predicted molar refractivity (Wildman–Crippen MR) is 118 cm³/mol. The van der Waals surface area contributed by atoms with Crippen LogP contribution in [0.1, 0.15) is 49.1 Å². The van der Waals surface area contributed by atoms with Crippen LogP contribution in [0.3, 0.4) is 0 Å². The van der Waals surface area contributed by atoms with Crippen molar-refractivity contribution in [3.8, 4) is 0 Å². The van der Waals surface area contributed by atoms with Gasteiger partial charge in [-0.15, -0.1) is 11.3 Å². The fourth-order valence-electron chi connectivity index (χ4n) is 3.91. The summed E-state index contributed by atoms with van der Waals surface area (Å²) in [4.78, 5) is 36.6. The zero-order chi connectivity index (χ0) is 22.0. The molecule has 1 amide bonds.